The van der Waals surface area contributed by atoms with E-state index in [9.17, 15) is 14.3 Å². The van der Waals surface area contributed by atoms with Crippen molar-refractivity contribution in [3.63, 3.8) is 0 Å². The lowest BCUT2D eigenvalue weighted by Gasteiger charge is -2.26. The zero-order valence-electron chi connectivity index (χ0n) is 19.9. The molecule has 2 heterocycles. The van der Waals surface area contributed by atoms with Gasteiger partial charge in [0.2, 0.25) is 0 Å². The first-order chi connectivity index (χ1) is 16.8. The summed E-state index contributed by atoms with van der Waals surface area (Å²) in [6.07, 6.45) is 0. The van der Waals surface area contributed by atoms with Crippen LogP contribution in [0.1, 0.15) is 15.9 Å². The van der Waals surface area contributed by atoms with Crippen LogP contribution in [0.5, 0.6) is 5.75 Å². The van der Waals surface area contributed by atoms with Gasteiger partial charge < -0.3 is 25.8 Å². The molecule has 0 atom stereocenters. The number of nitrogens with zero attached hydrogens (tertiary/aromatic N) is 3. The molecule has 1 amide bonds. The Kier molecular flexibility index (Phi) is 7.48. The number of anilines is 3. The van der Waals surface area contributed by atoms with Gasteiger partial charge in [-0.05, 0) is 55.0 Å². The number of nitrogen functional groups attached to an aromatic ring is 1. The van der Waals surface area contributed by atoms with Crippen LogP contribution in [-0.4, -0.2) is 67.3 Å². The zero-order valence-corrected chi connectivity index (χ0v) is 19.9. The van der Waals surface area contributed by atoms with E-state index in [0.29, 0.717) is 42.4 Å². The van der Waals surface area contributed by atoms with Crippen molar-refractivity contribution in [1.29, 1.82) is 0 Å². The summed E-state index contributed by atoms with van der Waals surface area (Å²) in [6.45, 7) is 6.16. The number of hydrogen-bond acceptors (Lipinski definition) is 7. The molecule has 9 heteroatoms. The van der Waals surface area contributed by atoms with Crippen LogP contribution in [-0.2, 0) is 4.74 Å². The van der Waals surface area contributed by atoms with E-state index in [1.165, 1.54) is 12.1 Å². The number of nitrogens with one attached hydrogen (secondary N) is 1. The molecule has 184 valence electrons. The fraction of sp³-hybridized carbons (Fsp3) is 0.308. The van der Waals surface area contributed by atoms with Crippen LogP contribution in [0, 0.1) is 12.7 Å². The Bertz CT molecular complexity index is 1210. The number of rotatable bonds is 7. The number of amides is 1. The maximum atomic E-state index is 14.5. The van der Waals surface area contributed by atoms with Crippen LogP contribution in [0.2, 0.25) is 0 Å². The van der Waals surface area contributed by atoms with Crippen molar-refractivity contribution in [2.24, 2.45) is 0 Å². The SMILES string of the molecule is Cc1ccc(N(C)c2ccc(O)c(-c3ccc(C(=O)NCCN4CCOCC4)c(N)n3)c2)c(F)c1. The van der Waals surface area contributed by atoms with Gasteiger partial charge in [0.05, 0.1) is 30.2 Å². The largest absolute Gasteiger partial charge is 0.507 e. The Morgan fingerprint density at radius 3 is 2.69 bits per heavy atom. The van der Waals surface area contributed by atoms with Crippen molar-refractivity contribution in [3.05, 3.63) is 65.5 Å². The number of carbonyl (C=O) groups is 1. The Labute approximate surface area is 204 Å². The number of hydrogen-bond donors (Lipinski definition) is 3. The normalized spacial score (nSPS) is 14.0. The summed E-state index contributed by atoms with van der Waals surface area (Å²) in [5, 5.41) is 13.4. The topological polar surface area (TPSA) is 104 Å². The number of phenolic OH excluding ortho intramolecular Hbond substituents is 1. The van der Waals surface area contributed by atoms with Gasteiger partial charge in [-0.15, -0.1) is 0 Å². The average Bonchev–Trinajstić information content (AvgIpc) is 2.84. The Morgan fingerprint density at radius 2 is 1.97 bits per heavy atom. The number of carbonyl (C=O) groups excluding carboxylic acids is 1. The van der Waals surface area contributed by atoms with E-state index >= 15 is 0 Å². The number of nitrogens with two attached hydrogens (primary N) is 1. The molecule has 1 fully saturated rings. The molecule has 35 heavy (non-hydrogen) atoms. The van der Waals surface area contributed by atoms with Gasteiger partial charge in [0.1, 0.15) is 17.4 Å². The minimum Gasteiger partial charge on any atom is -0.507 e. The average molecular weight is 480 g/mol. The van der Waals surface area contributed by atoms with Crippen molar-refractivity contribution in [2.75, 3.05) is 57.1 Å². The highest BCUT2D eigenvalue weighted by molar-refractivity contribution is 5.98. The molecule has 2 aromatic carbocycles. The maximum absolute atomic E-state index is 14.5. The fourth-order valence-electron chi connectivity index (χ4n) is 4.03. The Morgan fingerprint density at radius 1 is 1.20 bits per heavy atom. The van der Waals surface area contributed by atoms with Crippen LogP contribution in [0.4, 0.5) is 21.6 Å². The van der Waals surface area contributed by atoms with Gasteiger partial charge in [-0.1, -0.05) is 6.07 Å². The van der Waals surface area contributed by atoms with Gasteiger partial charge in [-0.25, -0.2) is 9.37 Å². The lowest BCUT2D eigenvalue weighted by atomic mass is 10.1. The van der Waals surface area contributed by atoms with E-state index in [-0.39, 0.29) is 28.9 Å². The van der Waals surface area contributed by atoms with E-state index in [4.69, 9.17) is 10.5 Å². The second kappa shape index (κ2) is 10.7. The molecule has 1 saturated heterocycles. The Balaban J connectivity index is 1.49. The predicted molar refractivity (Wildman–Crippen MR) is 135 cm³/mol. The first kappa shape index (κ1) is 24.4. The van der Waals surface area contributed by atoms with Crippen LogP contribution in [0.25, 0.3) is 11.3 Å². The molecule has 4 N–H and O–H groups in total. The summed E-state index contributed by atoms with van der Waals surface area (Å²) < 4.78 is 19.8. The molecule has 1 aliphatic rings. The third kappa shape index (κ3) is 5.70. The monoisotopic (exact) mass is 479 g/mol. The van der Waals surface area contributed by atoms with Crippen LogP contribution >= 0.6 is 0 Å². The van der Waals surface area contributed by atoms with Gasteiger partial charge >= 0.3 is 0 Å². The van der Waals surface area contributed by atoms with E-state index in [1.54, 1.807) is 42.3 Å². The van der Waals surface area contributed by atoms with E-state index < -0.39 is 0 Å². The number of aryl methyl sites for hydroxylation is 1. The van der Waals surface area contributed by atoms with Gasteiger partial charge in [-0.2, -0.15) is 0 Å². The molecule has 0 spiro atoms. The quantitative estimate of drug-likeness (QED) is 0.478. The molecule has 3 aromatic rings. The fourth-order valence-corrected chi connectivity index (χ4v) is 4.03. The highest BCUT2D eigenvalue weighted by Crippen LogP contribution is 2.35. The third-order valence-corrected chi connectivity index (χ3v) is 6.09. The van der Waals surface area contributed by atoms with Gasteiger partial charge in [-0.3, -0.25) is 9.69 Å². The Hall–Kier alpha value is -3.69. The number of phenols is 1. The summed E-state index contributed by atoms with van der Waals surface area (Å²) in [4.78, 5) is 20.9. The number of pyridine rings is 1. The smallest absolute Gasteiger partial charge is 0.255 e. The van der Waals surface area contributed by atoms with Crippen molar-refractivity contribution in [2.45, 2.75) is 6.92 Å². The summed E-state index contributed by atoms with van der Waals surface area (Å²) in [7, 11) is 1.75. The molecule has 1 aromatic heterocycles. The van der Waals surface area contributed by atoms with Gasteiger partial charge in [0.15, 0.2) is 0 Å². The maximum Gasteiger partial charge on any atom is 0.255 e. The van der Waals surface area contributed by atoms with Crippen LogP contribution in [0.15, 0.2) is 48.5 Å². The first-order valence-corrected chi connectivity index (χ1v) is 11.5. The highest BCUT2D eigenvalue weighted by atomic mass is 19.1. The summed E-state index contributed by atoms with van der Waals surface area (Å²) in [6, 6.07) is 13.2. The molecule has 0 saturated carbocycles. The highest BCUT2D eigenvalue weighted by Gasteiger charge is 2.17. The molecular formula is C26H30FN5O3. The van der Waals surface area contributed by atoms with Crippen LogP contribution in [0.3, 0.4) is 0 Å². The molecule has 0 bridgehead atoms. The zero-order chi connectivity index (χ0) is 24.9. The standard InChI is InChI=1S/C26H30FN5O3/c1-17-3-7-23(21(27)15-17)31(2)18-4-8-24(33)20(16-18)22-6-5-19(25(28)30-22)26(34)29-9-10-32-11-13-35-14-12-32/h3-8,15-16,33H,9-14H2,1-2H3,(H2,28,30)(H,29,34). The van der Waals surface area contributed by atoms with Gasteiger partial charge in [0, 0.05) is 44.5 Å². The van der Waals surface area contributed by atoms with Crippen molar-refractivity contribution in [3.8, 4) is 17.0 Å². The number of aromatic hydroxyl groups is 1. The van der Waals surface area contributed by atoms with Crippen molar-refractivity contribution < 1.29 is 19.0 Å². The number of morpholine rings is 1. The molecule has 8 nitrogen and oxygen atoms in total. The van der Waals surface area contributed by atoms with Crippen molar-refractivity contribution in [1.82, 2.24) is 15.2 Å². The van der Waals surface area contributed by atoms with E-state index in [2.05, 4.69) is 15.2 Å². The minimum absolute atomic E-state index is 0.00106. The molecule has 0 radical (unpaired) electrons. The predicted octanol–water partition coefficient (Wildman–Crippen LogP) is 3.31. The minimum atomic E-state index is -0.339. The molecule has 0 aliphatic carbocycles. The van der Waals surface area contributed by atoms with E-state index in [0.717, 1.165) is 25.2 Å². The molecule has 4 rings (SSSR count). The first-order valence-electron chi connectivity index (χ1n) is 11.5. The second-order valence-corrected chi connectivity index (χ2v) is 8.55. The van der Waals surface area contributed by atoms with Gasteiger partial charge in [0.25, 0.3) is 5.91 Å². The van der Waals surface area contributed by atoms with Crippen LogP contribution < -0.4 is 16.0 Å². The number of halogens is 1. The molecular weight excluding hydrogens is 449 g/mol. The molecule has 1 aliphatic heterocycles. The lowest BCUT2D eigenvalue weighted by Crippen LogP contribution is -2.41. The lowest BCUT2D eigenvalue weighted by molar-refractivity contribution is 0.0383. The molecule has 0 unspecified atom stereocenters. The summed E-state index contributed by atoms with van der Waals surface area (Å²) in [5.41, 5.74) is 9.10. The third-order valence-electron chi connectivity index (χ3n) is 6.09. The number of benzene rings is 2. The number of aromatic nitrogens is 1. The summed E-state index contributed by atoms with van der Waals surface area (Å²) >= 11 is 0. The summed E-state index contributed by atoms with van der Waals surface area (Å²) in [5.74, 6) is -0.578. The second-order valence-electron chi connectivity index (χ2n) is 8.55. The van der Waals surface area contributed by atoms with Crippen molar-refractivity contribution >= 4 is 23.1 Å². The number of ether oxygens (including phenoxy) is 1. The van der Waals surface area contributed by atoms with E-state index in [1.807, 2.05) is 13.0 Å².